The third-order valence-corrected chi connectivity index (χ3v) is 4.66. The van der Waals surface area contributed by atoms with Gasteiger partial charge in [0.05, 0.1) is 6.54 Å². The first-order valence-corrected chi connectivity index (χ1v) is 8.01. The quantitative estimate of drug-likeness (QED) is 0.760. The van der Waals surface area contributed by atoms with E-state index in [0.29, 0.717) is 24.7 Å². The van der Waals surface area contributed by atoms with E-state index < -0.39 is 0 Å². The van der Waals surface area contributed by atoms with Crippen LogP contribution in [-0.2, 0) is 4.79 Å². The molecule has 0 aromatic heterocycles. The van der Waals surface area contributed by atoms with Gasteiger partial charge in [0, 0.05) is 44.8 Å². The van der Waals surface area contributed by atoms with E-state index in [2.05, 4.69) is 34.3 Å². The third kappa shape index (κ3) is 4.43. The van der Waals surface area contributed by atoms with Gasteiger partial charge in [-0.25, -0.2) is 0 Å². The molecule has 2 aliphatic rings. The minimum Gasteiger partial charge on any atom is -0.358 e. The van der Waals surface area contributed by atoms with Crippen LogP contribution < -0.4 is 10.6 Å². The molecule has 2 aliphatic heterocycles. The first-order chi connectivity index (χ1) is 9.58. The van der Waals surface area contributed by atoms with Crippen molar-refractivity contribution in [3.63, 3.8) is 0 Å². The van der Waals surface area contributed by atoms with Crippen molar-refractivity contribution in [1.29, 1.82) is 0 Å². The van der Waals surface area contributed by atoms with Crippen LogP contribution in [0.1, 0.15) is 33.1 Å². The summed E-state index contributed by atoms with van der Waals surface area (Å²) in [5.41, 5.74) is 0. The number of hydrogen-bond donors (Lipinski definition) is 2. The molecule has 1 unspecified atom stereocenters. The van der Waals surface area contributed by atoms with Gasteiger partial charge in [0.2, 0.25) is 5.91 Å². The number of piperidine rings is 1. The summed E-state index contributed by atoms with van der Waals surface area (Å²) in [5.74, 6) is 0.125. The number of amides is 1. The predicted octanol–water partition coefficient (Wildman–Crippen LogP) is 0.269. The average molecular weight is 282 g/mol. The highest BCUT2D eigenvalue weighted by Gasteiger charge is 2.27. The van der Waals surface area contributed by atoms with Crippen LogP contribution in [-0.4, -0.2) is 73.6 Å². The Kier molecular flexibility index (Phi) is 5.81. The molecule has 2 N–H and O–H groups in total. The lowest BCUT2D eigenvalue weighted by atomic mass is 10.0. The molecule has 0 bridgehead atoms. The number of likely N-dealkylation sites (N-methyl/N-ethyl adjacent to an activating group) is 1. The Morgan fingerprint density at radius 2 is 1.80 bits per heavy atom. The fourth-order valence-corrected chi connectivity index (χ4v) is 3.27. The maximum Gasteiger partial charge on any atom is 0.233 e. The third-order valence-electron chi connectivity index (χ3n) is 4.66. The van der Waals surface area contributed by atoms with Crippen LogP contribution in [0.2, 0.25) is 0 Å². The van der Waals surface area contributed by atoms with Gasteiger partial charge in [-0.3, -0.25) is 14.6 Å². The predicted molar refractivity (Wildman–Crippen MR) is 81.8 cm³/mol. The number of hydrogen-bond acceptors (Lipinski definition) is 4. The number of carbonyl (C=O) groups excluding carboxylic acids is 1. The van der Waals surface area contributed by atoms with Crippen LogP contribution in [0.15, 0.2) is 0 Å². The van der Waals surface area contributed by atoms with Crippen molar-refractivity contribution in [3.8, 4) is 0 Å². The molecular formula is C15H30N4O. The number of likely N-dealkylation sites (tertiary alicyclic amines) is 2. The van der Waals surface area contributed by atoms with E-state index in [4.69, 9.17) is 0 Å². The molecule has 1 amide bonds. The van der Waals surface area contributed by atoms with E-state index in [0.717, 1.165) is 25.9 Å². The second-order valence-electron chi connectivity index (χ2n) is 6.46. The summed E-state index contributed by atoms with van der Waals surface area (Å²) in [5, 5.41) is 6.52. The second-order valence-corrected chi connectivity index (χ2v) is 6.46. The summed E-state index contributed by atoms with van der Waals surface area (Å²) >= 11 is 0. The van der Waals surface area contributed by atoms with Crippen molar-refractivity contribution in [2.45, 2.75) is 51.2 Å². The van der Waals surface area contributed by atoms with E-state index in [-0.39, 0.29) is 5.91 Å². The van der Waals surface area contributed by atoms with Crippen LogP contribution in [0, 0.1) is 0 Å². The van der Waals surface area contributed by atoms with E-state index in [1.807, 2.05) is 0 Å². The maximum atomic E-state index is 11.4. The topological polar surface area (TPSA) is 47.6 Å². The number of rotatable bonds is 5. The smallest absolute Gasteiger partial charge is 0.233 e. The van der Waals surface area contributed by atoms with Crippen LogP contribution in [0.5, 0.6) is 0 Å². The fourth-order valence-electron chi connectivity index (χ4n) is 3.27. The van der Waals surface area contributed by atoms with Gasteiger partial charge in [0.15, 0.2) is 0 Å². The van der Waals surface area contributed by atoms with E-state index >= 15 is 0 Å². The first-order valence-electron chi connectivity index (χ1n) is 8.01. The highest BCUT2D eigenvalue weighted by Crippen LogP contribution is 2.16. The SMILES string of the molecule is CNC(=O)CN1CCC(NC2CCN(C(C)C)C2)CC1. The lowest BCUT2D eigenvalue weighted by molar-refractivity contribution is -0.122. The summed E-state index contributed by atoms with van der Waals surface area (Å²) in [6.45, 7) is 9.59. The van der Waals surface area contributed by atoms with Gasteiger partial charge in [0.1, 0.15) is 0 Å². The van der Waals surface area contributed by atoms with Gasteiger partial charge in [-0.15, -0.1) is 0 Å². The van der Waals surface area contributed by atoms with Crippen molar-refractivity contribution in [1.82, 2.24) is 20.4 Å². The normalized spacial score (nSPS) is 26.3. The average Bonchev–Trinajstić information content (AvgIpc) is 2.89. The molecule has 0 aromatic rings. The zero-order valence-corrected chi connectivity index (χ0v) is 13.2. The monoisotopic (exact) mass is 282 g/mol. The largest absolute Gasteiger partial charge is 0.358 e. The molecule has 5 heteroatoms. The first kappa shape index (κ1) is 15.7. The molecule has 0 aromatic carbocycles. The van der Waals surface area contributed by atoms with Crippen molar-refractivity contribution in [2.75, 3.05) is 39.8 Å². The Morgan fingerprint density at radius 3 is 2.35 bits per heavy atom. The van der Waals surface area contributed by atoms with Gasteiger partial charge >= 0.3 is 0 Å². The molecule has 2 saturated heterocycles. The minimum absolute atomic E-state index is 0.125. The molecule has 2 heterocycles. The molecule has 2 fully saturated rings. The van der Waals surface area contributed by atoms with Gasteiger partial charge in [0.25, 0.3) is 0 Å². The molecule has 5 nitrogen and oxygen atoms in total. The summed E-state index contributed by atoms with van der Waals surface area (Å²) in [4.78, 5) is 16.2. The van der Waals surface area contributed by atoms with Crippen molar-refractivity contribution < 1.29 is 4.79 Å². The highest BCUT2D eigenvalue weighted by atomic mass is 16.1. The Balaban J connectivity index is 1.66. The van der Waals surface area contributed by atoms with Crippen LogP contribution in [0.25, 0.3) is 0 Å². The van der Waals surface area contributed by atoms with Gasteiger partial charge in [-0.1, -0.05) is 0 Å². The zero-order valence-electron chi connectivity index (χ0n) is 13.2. The Hall–Kier alpha value is -0.650. The van der Waals surface area contributed by atoms with Crippen LogP contribution in [0.3, 0.4) is 0 Å². The van der Waals surface area contributed by atoms with E-state index in [1.165, 1.54) is 19.5 Å². The molecule has 116 valence electrons. The molecule has 0 spiro atoms. The summed E-state index contributed by atoms with van der Waals surface area (Å²) in [6, 6.07) is 1.96. The number of nitrogens with one attached hydrogen (secondary N) is 2. The molecule has 0 aliphatic carbocycles. The van der Waals surface area contributed by atoms with Gasteiger partial charge in [-0.2, -0.15) is 0 Å². The van der Waals surface area contributed by atoms with Crippen LogP contribution in [0.4, 0.5) is 0 Å². The molecule has 1 atom stereocenters. The summed E-state index contributed by atoms with van der Waals surface area (Å²) < 4.78 is 0. The van der Waals surface area contributed by atoms with Gasteiger partial charge < -0.3 is 10.6 Å². The van der Waals surface area contributed by atoms with E-state index in [1.54, 1.807) is 7.05 Å². The molecule has 0 saturated carbocycles. The minimum atomic E-state index is 0.125. The highest BCUT2D eigenvalue weighted by molar-refractivity contribution is 5.77. The van der Waals surface area contributed by atoms with Crippen LogP contribution >= 0.6 is 0 Å². The molecule has 20 heavy (non-hydrogen) atoms. The Bertz CT molecular complexity index is 313. The number of carbonyl (C=O) groups is 1. The summed E-state index contributed by atoms with van der Waals surface area (Å²) in [7, 11) is 1.71. The standard InChI is InChI=1S/C15H30N4O/c1-12(2)19-9-6-14(10-19)17-13-4-7-18(8-5-13)11-15(20)16-3/h12-14,17H,4-11H2,1-3H3,(H,16,20). The van der Waals surface area contributed by atoms with E-state index in [9.17, 15) is 4.79 Å². The number of nitrogens with zero attached hydrogens (tertiary/aromatic N) is 2. The summed E-state index contributed by atoms with van der Waals surface area (Å²) in [6.07, 6.45) is 3.60. The second kappa shape index (κ2) is 7.38. The van der Waals surface area contributed by atoms with Gasteiger partial charge in [-0.05, 0) is 39.7 Å². The molecule has 2 rings (SSSR count). The Labute approximate surface area is 123 Å². The lowest BCUT2D eigenvalue weighted by Crippen LogP contribution is -2.48. The molecule has 0 radical (unpaired) electrons. The van der Waals surface area contributed by atoms with Crippen molar-refractivity contribution >= 4 is 5.91 Å². The van der Waals surface area contributed by atoms with Crippen molar-refractivity contribution in [3.05, 3.63) is 0 Å². The zero-order chi connectivity index (χ0) is 14.5. The van der Waals surface area contributed by atoms with Crippen molar-refractivity contribution in [2.24, 2.45) is 0 Å². The molecular weight excluding hydrogens is 252 g/mol. The lowest BCUT2D eigenvalue weighted by Gasteiger charge is -2.33. The fraction of sp³-hybridized carbons (Fsp3) is 0.933. The maximum absolute atomic E-state index is 11.4. The Morgan fingerprint density at radius 1 is 1.15 bits per heavy atom.